The Bertz CT molecular complexity index is 389. The molecule has 1 rings (SSSR count). The topological polar surface area (TPSA) is 70.1 Å². The van der Waals surface area contributed by atoms with Crippen LogP contribution in [-0.2, 0) is 4.74 Å². The second-order valence-corrected chi connectivity index (χ2v) is 2.72. The fourth-order valence-electron chi connectivity index (χ4n) is 1.01. The van der Waals surface area contributed by atoms with Crippen molar-refractivity contribution in [3.8, 4) is 12.3 Å². The highest BCUT2D eigenvalue weighted by Crippen LogP contribution is 2.16. The van der Waals surface area contributed by atoms with E-state index in [0.717, 1.165) is 0 Å². The highest BCUT2D eigenvalue weighted by atomic mass is 16.5. The second kappa shape index (κ2) is 3.83. The summed E-state index contributed by atoms with van der Waals surface area (Å²) in [5.41, 5.74) is 5.75. The lowest BCUT2D eigenvalue weighted by Crippen LogP contribution is -2.10. The first-order chi connectivity index (χ1) is 6.61. The van der Waals surface area contributed by atoms with Gasteiger partial charge in [0.05, 0.1) is 19.5 Å². The van der Waals surface area contributed by atoms with Gasteiger partial charge in [-0.25, -0.2) is 9.78 Å². The molecule has 0 aliphatic heterocycles. The van der Waals surface area contributed by atoms with Crippen molar-refractivity contribution in [1.29, 1.82) is 0 Å². The summed E-state index contributed by atoms with van der Waals surface area (Å²) in [4.78, 5) is 15.0. The molecular weight excluding hydrogens is 182 g/mol. The number of esters is 1. The molecule has 0 radical (unpaired) electrons. The number of ether oxygens (including phenoxy) is 1. The summed E-state index contributed by atoms with van der Waals surface area (Å²) in [7, 11) is 1.27. The Morgan fingerprint density at radius 2 is 2.50 bits per heavy atom. The van der Waals surface area contributed by atoms with Crippen LogP contribution in [0.5, 0.6) is 0 Å². The maximum absolute atomic E-state index is 11.1. The van der Waals surface area contributed by atoms with Gasteiger partial charge in [0, 0.05) is 0 Å². The van der Waals surface area contributed by atoms with Crippen LogP contribution in [0.2, 0.25) is 0 Å². The Morgan fingerprint density at radius 1 is 1.86 bits per heavy atom. The fraction of sp³-hybridized carbons (Fsp3) is 0.333. The minimum Gasteiger partial charge on any atom is -0.464 e. The van der Waals surface area contributed by atoms with E-state index in [1.807, 2.05) is 0 Å². The van der Waals surface area contributed by atoms with Crippen LogP contribution in [0.15, 0.2) is 6.33 Å². The first-order valence-corrected chi connectivity index (χ1v) is 3.98. The quantitative estimate of drug-likeness (QED) is 0.546. The highest BCUT2D eigenvalue weighted by Gasteiger charge is 2.17. The van der Waals surface area contributed by atoms with Gasteiger partial charge in [0.2, 0.25) is 0 Å². The summed E-state index contributed by atoms with van der Waals surface area (Å²) in [5.74, 6) is 2.14. The molecule has 1 aromatic rings. The summed E-state index contributed by atoms with van der Waals surface area (Å²) < 4.78 is 6.03. The van der Waals surface area contributed by atoms with Crippen molar-refractivity contribution in [3.05, 3.63) is 12.0 Å². The molecule has 1 heterocycles. The van der Waals surface area contributed by atoms with Crippen LogP contribution in [-0.4, -0.2) is 22.6 Å². The van der Waals surface area contributed by atoms with Gasteiger partial charge in [-0.2, -0.15) is 0 Å². The first kappa shape index (κ1) is 10.1. The Labute approximate surface area is 81.9 Å². The average molecular weight is 193 g/mol. The van der Waals surface area contributed by atoms with Crippen LogP contribution < -0.4 is 5.73 Å². The Morgan fingerprint density at radius 3 is 3.00 bits per heavy atom. The number of terminal acetylenes is 1. The zero-order valence-electron chi connectivity index (χ0n) is 8.02. The number of aromatic nitrogens is 2. The van der Waals surface area contributed by atoms with E-state index in [-0.39, 0.29) is 17.6 Å². The van der Waals surface area contributed by atoms with Crippen molar-refractivity contribution in [2.45, 2.75) is 13.0 Å². The number of rotatable bonds is 2. The molecule has 1 unspecified atom stereocenters. The SMILES string of the molecule is C#CC(C)n1cnc(C(=O)OC)c1N. The molecule has 5 nitrogen and oxygen atoms in total. The Hall–Kier alpha value is -1.96. The third-order valence-electron chi connectivity index (χ3n) is 1.87. The molecule has 0 aliphatic carbocycles. The van der Waals surface area contributed by atoms with Crippen LogP contribution in [0.3, 0.4) is 0 Å². The minimum absolute atomic E-state index is 0.0922. The molecule has 1 aromatic heterocycles. The number of hydrogen-bond acceptors (Lipinski definition) is 4. The maximum atomic E-state index is 11.1. The number of imidazole rings is 1. The van der Waals surface area contributed by atoms with Crippen molar-refractivity contribution in [2.75, 3.05) is 12.8 Å². The molecule has 14 heavy (non-hydrogen) atoms. The monoisotopic (exact) mass is 193 g/mol. The molecular formula is C9H11N3O2. The number of nitrogens with zero attached hydrogens (tertiary/aromatic N) is 2. The molecule has 0 bridgehead atoms. The van der Waals surface area contributed by atoms with Gasteiger partial charge in [0.15, 0.2) is 5.69 Å². The summed E-state index contributed by atoms with van der Waals surface area (Å²) in [6, 6.07) is -0.235. The molecule has 0 fully saturated rings. The summed E-state index contributed by atoms with van der Waals surface area (Å²) >= 11 is 0. The van der Waals surface area contributed by atoms with Crippen molar-refractivity contribution >= 4 is 11.8 Å². The molecule has 5 heteroatoms. The molecule has 2 N–H and O–H groups in total. The fourth-order valence-corrected chi connectivity index (χ4v) is 1.01. The number of carbonyl (C=O) groups is 1. The van der Waals surface area contributed by atoms with E-state index < -0.39 is 5.97 Å². The number of anilines is 1. The van der Waals surface area contributed by atoms with Crippen molar-refractivity contribution < 1.29 is 9.53 Å². The molecule has 74 valence electrons. The normalized spacial score (nSPS) is 11.8. The van der Waals surface area contributed by atoms with E-state index in [4.69, 9.17) is 12.2 Å². The van der Waals surface area contributed by atoms with Gasteiger partial charge in [0.25, 0.3) is 0 Å². The lowest BCUT2D eigenvalue weighted by Gasteiger charge is -2.07. The van der Waals surface area contributed by atoms with E-state index in [1.165, 1.54) is 18.0 Å². The molecule has 1 atom stereocenters. The predicted molar refractivity (Wildman–Crippen MR) is 51.5 cm³/mol. The predicted octanol–water partition coefficient (Wildman–Crippen LogP) is 0.446. The summed E-state index contributed by atoms with van der Waals surface area (Å²) in [5, 5.41) is 0. The zero-order valence-corrected chi connectivity index (χ0v) is 8.02. The lowest BCUT2D eigenvalue weighted by molar-refractivity contribution is 0.0596. The number of hydrogen-bond donors (Lipinski definition) is 1. The second-order valence-electron chi connectivity index (χ2n) is 2.72. The first-order valence-electron chi connectivity index (χ1n) is 3.98. The van der Waals surface area contributed by atoms with Gasteiger partial charge in [-0.15, -0.1) is 6.42 Å². The lowest BCUT2D eigenvalue weighted by atomic mass is 10.3. The van der Waals surface area contributed by atoms with E-state index in [1.54, 1.807) is 6.92 Å². The molecule has 0 aliphatic rings. The van der Waals surface area contributed by atoms with Gasteiger partial charge in [-0.3, -0.25) is 0 Å². The third-order valence-corrected chi connectivity index (χ3v) is 1.87. The molecule has 0 saturated carbocycles. The van der Waals surface area contributed by atoms with E-state index in [0.29, 0.717) is 0 Å². The van der Waals surface area contributed by atoms with Gasteiger partial charge in [0.1, 0.15) is 5.82 Å². The number of nitrogens with two attached hydrogens (primary N) is 1. The van der Waals surface area contributed by atoms with E-state index in [9.17, 15) is 4.79 Å². The van der Waals surface area contributed by atoms with Crippen molar-refractivity contribution in [2.24, 2.45) is 0 Å². The standard InChI is InChI=1S/C9H11N3O2/c1-4-6(2)12-5-11-7(8(12)10)9(13)14-3/h1,5-6H,10H2,2-3H3. The highest BCUT2D eigenvalue weighted by molar-refractivity contribution is 5.92. The van der Waals surface area contributed by atoms with Crippen LogP contribution in [0, 0.1) is 12.3 Å². The smallest absolute Gasteiger partial charge is 0.360 e. The average Bonchev–Trinajstić information content (AvgIpc) is 2.58. The van der Waals surface area contributed by atoms with E-state index >= 15 is 0 Å². The Kier molecular flexibility index (Phi) is 2.77. The maximum Gasteiger partial charge on any atom is 0.360 e. The van der Waals surface area contributed by atoms with Crippen LogP contribution in [0.4, 0.5) is 5.82 Å². The molecule has 0 spiro atoms. The number of carbonyl (C=O) groups excluding carboxylic acids is 1. The van der Waals surface area contributed by atoms with Crippen molar-refractivity contribution in [3.63, 3.8) is 0 Å². The number of methoxy groups -OCH3 is 1. The van der Waals surface area contributed by atoms with Gasteiger partial charge in [-0.1, -0.05) is 5.92 Å². The van der Waals surface area contributed by atoms with Gasteiger partial charge < -0.3 is 15.0 Å². The van der Waals surface area contributed by atoms with Gasteiger partial charge >= 0.3 is 5.97 Å². The summed E-state index contributed by atoms with van der Waals surface area (Å²) in [6.45, 7) is 1.78. The minimum atomic E-state index is -0.564. The third kappa shape index (κ3) is 1.55. The number of nitrogen functional groups attached to an aromatic ring is 1. The van der Waals surface area contributed by atoms with Crippen LogP contribution in [0.25, 0.3) is 0 Å². The van der Waals surface area contributed by atoms with Crippen molar-refractivity contribution in [1.82, 2.24) is 9.55 Å². The molecule has 0 amide bonds. The van der Waals surface area contributed by atoms with Crippen LogP contribution >= 0.6 is 0 Å². The summed E-state index contributed by atoms with van der Waals surface area (Å²) in [6.07, 6.45) is 6.64. The largest absolute Gasteiger partial charge is 0.464 e. The molecule has 0 saturated heterocycles. The van der Waals surface area contributed by atoms with Gasteiger partial charge in [-0.05, 0) is 6.92 Å². The molecule has 0 aromatic carbocycles. The van der Waals surface area contributed by atoms with Crippen LogP contribution in [0.1, 0.15) is 23.5 Å². The Balaban J connectivity index is 3.10. The zero-order chi connectivity index (χ0) is 10.7. The van der Waals surface area contributed by atoms with E-state index in [2.05, 4.69) is 15.6 Å².